The van der Waals surface area contributed by atoms with Crippen LogP contribution in [0.3, 0.4) is 0 Å². The third-order valence-electron chi connectivity index (χ3n) is 4.49. The largest absolute Gasteiger partial charge is 0.306 e. The summed E-state index contributed by atoms with van der Waals surface area (Å²) >= 11 is 0. The molecule has 1 spiro atoms. The Labute approximate surface area is 81.9 Å². The van der Waals surface area contributed by atoms with Crippen LogP contribution in [0.5, 0.6) is 0 Å². The molecule has 0 aliphatic carbocycles. The van der Waals surface area contributed by atoms with Crippen molar-refractivity contribution in [2.45, 2.75) is 32.2 Å². The van der Waals surface area contributed by atoms with E-state index in [1.165, 1.54) is 38.9 Å². The van der Waals surface area contributed by atoms with Crippen LogP contribution in [0.4, 0.5) is 0 Å². The standard InChI is InChI=1S/C11H22N2/c1-10-11(6-9-13(10)3)4-7-12(2)8-5-11/h10H,4-9H2,1-3H3/t10-/m1/s1. The fourth-order valence-electron chi connectivity index (χ4n) is 3.00. The van der Waals surface area contributed by atoms with Gasteiger partial charge in [0.1, 0.15) is 0 Å². The third kappa shape index (κ3) is 1.50. The highest BCUT2D eigenvalue weighted by atomic mass is 15.2. The Morgan fingerprint density at radius 2 is 1.54 bits per heavy atom. The molecule has 0 N–H and O–H groups in total. The molecule has 1 atom stereocenters. The zero-order valence-electron chi connectivity index (χ0n) is 9.21. The Kier molecular flexibility index (Phi) is 2.37. The third-order valence-corrected chi connectivity index (χ3v) is 4.49. The quantitative estimate of drug-likeness (QED) is 0.559. The molecule has 2 aliphatic heterocycles. The fraction of sp³-hybridized carbons (Fsp3) is 1.00. The van der Waals surface area contributed by atoms with Crippen molar-refractivity contribution in [2.75, 3.05) is 33.7 Å². The second-order valence-electron chi connectivity index (χ2n) is 5.07. The summed E-state index contributed by atoms with van der Waals surface area (Å²) in [5.41, 5.74) is 0.668. The number of hydrogen-bond donors (Lipinski definition) is 0. The molecule has 2 fully saturated rings. The zero-order chi connectivity index (χ0) is 9.47. The highest BCUT2D eigenvalue weighted by molar-refractivity contribution is 4.98. The van der Waals surface area contributed by atoms with Gasteiger partial charge in [-0.2, -0.15) is 0 Å². The number of piperidine rings is 1. The van der Waals surface area contributed by atoms with Crippen molar-refractivity contribution in [3.8, 4) is 0 Å². The van der Waals surface area contributed by atoms with Crippen molar-refractivity contribution in [1.82, 2.24) is 9.80 Å². The molecule has 0 radical (unpaired) electrons. The fourth-order valence-corrected chi connectivity index (χ4v) is 3.00. The predicted molar refractivity (Wildman–Crippen MR) is 55.9 cm³/mol. The topological polar surface area (TPSA) is 6.48 Å². The van der Waals surface area contributed by atoms with E-state index in [0.717, 1.165) is 6.04 Å². The number of hydrogen-bond acceptors (Lipinski definition) is 2. The highest BCUT2D eigenvalue weighted by Crippen LogP contribution is 2.44. The van der Waals surface area contributed by atoms with Crippen LogP contribution < -0.4 is 0 Å². The van der Waals surface area contributed by atoms with E-state index in [2.05, 4.69) is 30.8 Å². The average Bonchev–Trinajstić information content (AvgIpc) is 2.40. The summed E-state index contributed by atoms with van der Waals surface area (Å²) in [4.78, 5) is 5.00. The lowest BCUT2D eigenvalue weighted by atomic mass is 9.73. The van der Waals surface area contributed by atoms with Crippen molar-refractivity contribution >= 4 is 0 Å². The molecule has 2 saturated heterocycles. The minimum absolute atomic E-state index is 0.668. The van der Waals surface area contributed by atoms with Gasteiger partial charge < -0.3 is 9.80 Å². The van der Waals surface area contributed by atoms with Gasteiger partial charge in [-0.3, -0.25) is 0 Å². The van der Waals surface area contributed by atoms with E-state index in [1.807, 2.05) is 0 Å². The van der Waals surface area contributed by atoms with Crippen LogP contribution in [0, 0.1) is 5.41 Å². The molecule has 0 aromatic rings. The van der Waals surface area contributed by atoms with Gasteiger partial charge in [-0.05, 0) is 65.3 Å². The Balaban J connectivity index is 2.05. The summed E-state index contributed by atoms with van der Waals surface area (Å²) in [6.07, 6.45) is 4.25. The summed E-state index contributed by atoms with van der Waals surface area (Å²) in [7, 11) is 4.52. The van der Waals surface area contributed by atoms with Crippen LogP contribution >= 0.6 is 0 Å². The maximum Gasteiger partial charge on any atom is 0.0122 e. The molecule has 0 aromatic heterocycles. The molecule has 2 heteroatoms. The minimum atomic E-state index is 0.668. The van der Waals surface area contributed by atoms with E-state index in [9.17, 15) is 0 Å². The second-order valence-corrected chi connectivity index (χ2v) is 5.07. The van der Waals surface area contributed by atoms with Crippen LogP contribution in [0.25, 0.3) is 0 Å². The van der Waals surface area contributed by atoms with Gasteiger partial charge in [0.25, 0.3) is 0 Å². The van der Waals surface area contributed by atoms with Crippen molar-refractivity contribution in [3.63, 3.8) is 0 Å². The molecule has 0 bridgehead atoms. The SMILES string of the molecule is C[C@H]1N(C)CCC12CCN(C)CC2. The van der Waals surface area contributed by atoms with E-state index in [4.69, 9.17) is 0 Å². The number of rotatable bonds is 0. The first-order chi connectivity index (χ1) is 6.14. The highest BCUT2D eigenvalue weighted by Gasteiger charge is 2.44. The second kappa shape index (κ2) is 3.25. The van der Waals surface area contributed by atoms with Gasteiger partial charge in [-0.15, -0.1) is 0 Å². The first kappa shape index (κ1) is 9.47. The van der Waals surface area contributed by atoms with Crippen LogP contribution in [-0.4, -0.2) is 49.6 Å². The van der Waals surface area contributed by atoms with E-state index < -0.39 is 0 Å². The first-order valence-corrected chi connectivity index (χ1v) is 5.53. The van der Waals surface area contributed by atoms with Crippen molar-refractivity contribution in [3.05, 3.63) is 0 Å². The molecule has 0 unspecified atom stereocenters. The van der Waals surface area contributed by atoms with Crippen molar-refractivity contribution < 1.29 is 0 Å². The van der Waals surface area contributed by atoms with Crippen LogP contribution in [0.2, 0.25) is 0 Å². The minimum Gasteiger partial charge on any atom is -0.306 e. The van der Waals surface area contributed by atoms with Gasteiger partial charge in [-0.25, -0.2) is 0 Å². The van der Waals surface area contributed by atoms with Gasteiger partial charge in [0, 0.05) is 6.04 Å². The van der Waals surface area contributed by atoms with E-state index in [0.29, 0.717) is 5.41 Å². The predicted octanol–water partition coefficient (Wildman–Crippen LogP) is 1.42. The van der Waals surface area contributed by atoms with Crippen LogP contribution in [0.15, 0.2) is 0 Å². The normalized spacial score (nSPS) is 35.8. The lowest BCUT2D eigenvalue weighted by Crippen LogP contribution is -2.44. The Morgan fingerprint density at radius 1 is 1.00 bits per heavy atom. The molecular formula is C11H22N2. The van der Waals surface area contributed by atoms with Crippen molar-refractivity contribution in [2.24, 2.45) is 5.41 Å². The van der Waals surface area contributed by atoms with Crippen LogP contribution in [0.1, 0.15) is 26.2 Å². The Hall–Kier alpha value is -0.0800. The molecule has 0 saturated carbocycles. The monoisotopic (exact) mass is 182 g/mol. The molecule has 13 heavy (non-hydrogen) atoms. The maximum absolute atomic E-state index is 2.53. The molecule has 2 heterocycles. The Morgan fingerprint density at radius 3 is 2.00 bits per heavy atom. The van der Waals surface area contributed by atoms with Gasteiger partial charge in [0.2, 0.25) is 0 Å². The van der Waals surface area contributed by atoms with Crippen molar-refractivity contribution in [1.29, 1.82) is 0 Å². The molecule has 76 valence electrons. The summed E-state index contributed by atoms with van der Waals surface area (Å²) in [6.45, 7) is 6.33. The first-order valence-electron chi connectivity index (χ1n) is 5.53. The lowest BCUT2D eigenvalue weighted by Gasteiger charge is -2.41. The van der Waals surface area contributed by atoms with Gasteiger partial charge in [-0.1, -0.05) is 0 Å². The molecule has 2 aliphatic rings. The molecular weight excluding hydrogens is 160 g/mol. The van der Waals surface area contributed by atoms with E-state index >= 15 is 0 Å². The number of nitrogens with zero attached hydrogens (tertiary/aromatic N) is 2. The van der Waals surface area contributed by atoms with Gasteiger partial charge in [0.15, 0.2) is 0 Å². The Bertz CT molecular complexity index is 183. The van der Waals surface area contributed by atoms with E-state index in [-0.39, 0.29) is 0 Å². The lowest BCUT2D eigenvalue weighted by molar-refractivity contribution is 0.0900. The van der Waals surface area contributed by atoms with Gasteiger partial charge in [0.05, 0.1) is 0 Å². The molecule has 0 amide bonds. The summed E-state index contributed by atoms with van der Waals surface area (Å²) < 4.78 is 0. The van der Waals surface area contributed by atoms with E-state index in [1.54, 1.807) is 0 Å². The summed E-state index contributed by atoms with van der Waals surface area (Å²) in [5, 5.41) is 0. The van der Waals surface area contributed by atoms with Crippen LogP contribution in [-0.2, 0) is 0 Å². The number of likely N-dealkylation sites (tertiary alicyclic amines) is 2. The average molecular weight is 182 g/mol. The molecule has 0 aromatic carbocycles. The maximum atomic E-state index is 2.53. The summed E-state index contributed by atoms with van der Waals surface area (Å²) in [5.74, 6) is 0. The zero-order valence-corrected chi connectivity index (χ0v) is 9.21. The molecule has 2 rings (SSSR count). The summed E-state index contributed by atoms with van der Waals surface area (Å²) in [6, 6.07) is 0.807. The molecule has 2 nitrogen and oxygen atoms in total. The smallest absolute Gasteiger partial charge is 0.0122 e. The van der Waals surface area contributed by atoms with Gasteiger partial charge >= 0.3 is 0 Å².